The number of piperidine rings is 1. The van der Waals surface area contributed by atoms with Crippen LogP contribution in [0.3, 0.4) is 0 Å². The van der Waals surface area contributed by atoms with Crippen molar-refractivity contribution in [1.82, 2.24) is 24.8 Å². The van der Waals surface area contributed by atoms with Crippen LogP contribution < -0.4 is 4.74 Å². The number of pyridine rings is 1. The highest BCUT2D eigenvalue weighted by Crippen LogP contribution is 2.25. The van der Waals surface area contributed by atoms with Gasteiger partial charge in [0, 0.05) is 38.6 Å². The van der Waals surface area contributed by atoms with Gasteiger partial charge >= 0.3 is 0 Å². The zero-order valence-corrected chi connectivity index (χ0v) is 15.3. The van der Waals surface area contributed by atoms with E-state index in [9.17, 15) is 4.79 Å². The van der Waals surface area contributed by atoms with Crippen molar-refractivity contribution < 1.29 is 14.3 Å². The lowest BCUT2D eigenvalue weighted by Gasteiger charge is -2.47. The fourth-order valence-corrected chi connectivity index (χ4v) is 3.72. The lowest BCUT2D eigenvalue weighted by Crippen LogP contribution is -2.60. The molecule has 1 amide bonds. The lowest BCUT2D eigenvalue weighted by atomic mass is 9.98. The standard InChI is InChI=1S/C19H23N5O3/c1-26-15-10-21-18(22-11-15)19(25)24-6-4-17-16(13-24)23(7-8-27-17)12-14-3-2-5-20-9-14/h2-3,5,9-11,16-17H,4,6-8,12-13H2,1H3/t16-,17-/m0/s1. The third-order valence-electron chi connectivity index (χ3n) is 5.15. The summed E-state index contributed by atoms with van der Waals surface area (Å²) >= 11 is 0. The molecule has 4 rings (SSSR count). The Hall–Kier alpha value is -2.58. The van der Waals surface area contributed by atoms with Crippen LogP contribution in [0.4, 0.5) is 0 Å². The second kappa shape index (κ2) is 7.98. The van der Waals surface area contributed by atoms with Gasteiger partial charge in [-0.05, 0) is 18.1 Å². The van der Waals surface area contributed by atoms with E-state index >= 15 is 0 Å². The molecule has 0 bridgehead atoms. The first kappa shape index (κ1) is 17.8. The number of amides is 1. The minimum absolute atomic E-state index is 0.149. The Labute approximate surface area is 158 Å². The fraction of sp³-hybridized carbons (Fsp3) is 0.474. The van der Waals surface area contributed by atoms with Gasteiger partial charge in [-0.2, -0.15) is 0 Å². The SMILES string of the molecule is COc1cnc(C(=O)N2CC[C@@H]3OCCN(Cc4cccnc4)[C@H]3C2)nc1. The normalized spacial score (nSPS) is 22.9. The second-order valence-corrected chi connectivity index (χ2v) is 6.79. The minimum Gasteiger partial charge on any atom is -0.494 e. The second-order valence-electron chi connectivity index (χ2n) is 6.79. The van der Waals surface area contributed by atoms with Crippen LogP contribution in [0.25, 0.3) is 0 Å². The minimum atomic E-state index is -0.150. The molecule has 8 heteroatoms. The Morgan fingerprint density at radius 3 is 2.89 bits per heavy atom. The van der Waals surface area contributed by atoms with E-state index in [0.29, 0.717) is 18.8 Å². The molecule has 2 aliphatic heterocycles. The summed E-state index contributed by atoms with van der Waals surface area (Å²) in [6.07, 6.45) is 7.67. The maximum Gasteiger partial charge on any atom is 0.291 e. The molecule has 2 aromatic rings. The molecule has 2 saturated heterocycles. The van der Waals surface area contributed by atoms with E-state index in [1.54, 1.807) is 13.3 Å². The number of hydrogen-bond donors (Lipinski definition) is 0. The van der Waals surface area contributed by atoms with Gasteiger partial charge in [0.2, 0.25) is 5.82 Å². The lowest BCUT2D eigenvalue weighted by molar-refractivity contribution is -0.101. The summed E-state index contributed by atoms with van der Waals surface area (Å²) < 4.78 is 11.0. The van der Waals surface area contributed by atoms with Gasteiger partial charge < -0.3 is 14.4 Å². The van der Waals surface area contributed by atoms with E-state index in [-0.39, 0.29) is 23.9 Å². The number of fused-ring (bicyclic) bond motifs is 1. The first-order valence-electron chi connectivity index (χ1n) is 9.14. The maximum absolute atomic E-state index is 12.8. The number of hydrogen-bond acceptors (Lipinski definition) is 7. The third-order valence-corrected chi connectivity index (χ3v) is 5.15. The monoisotopic (exact) mass is 369 g/mol. The molecule has 0 aromatic carbocycles. The Kier molecular flexibility index (Phi) is 5.26. The van der Waals surface area contributed by atoms with Crippen LogP contribution in [-0.2, 0) is 11.3 Å². The van der Waals surface area contributed by atoms with E-state index in [1.165, 1.54) is 18.0 Å². The van der Waals surface area contributed by atoms with E-state index in [4.69, 9.17) is 9.47 Å². The number of rotatable bonds is 4. The number of methoxy groups -OCH3 is 1. The Morgan fingerprint density at radius 2 is 2.15 bits per heavy atom. The van der Waals surface area contributed by atoms with Gasteiger partial charge in [0.25, 0.3) is 5.91 Å². The quantitative estimate of drug-likeness (QED) is 0.795. The van der Waals surface area contributed by atoms with Gasteiger partial charge in [0.05, 0.1) is 38.3 Å². The highest BCUT2D eigenvalue weighted by Gasteiger charge is 2.39. The summed E-state index contributed by atoms with van der Waals surface area (Å²) in [6.45, 7) is 3.63. The molecule has 0 unspecified atom stereocenters. The van der Waals surface area contributed by atoms with Crippen molar-refractivity contribution in [3.8, 4) is 5.75 Å². The Balaban J connectivity index is 1.46. The topological polar surface area (TPSA) is 80.7 Å². The molecule has 0 aliphatic carbocycles. The van der Waals surface area contributed by atoms with E-state index in [1.807, 2.05) is 17.2 Å². The molecule has 8 nitrogen and oxygen atoms in total. The summed E-state index contributed by atoms with van der Waals surface area (Å²) in [5.74, 6) is 0.585. The maximum atomic E-state index is 12.8. The number of nitrogens with zero attached hydrogens (tertiary/aromatic N) is 5. The van der Waals surface area contributed by atoms with Crippen LogP contribution in [-0.4, -0.2) is 76.2 Å². The van der Waals surface area contributed by atoms with Crippen LogP contribution in [0.15, 0.2) is 36.9 Å². The number of aromatic nitrogens is 3. The van der Waals surface area contributed by atoms with E-state index < -0.39 is 0 Å². The highest BCUT2D eigenvalue weighted by atomic mass is 16.5. The van der Waals surface area contributed by atoms with Crippen molar-refractivity contribution in [2.24, 2.45) is 0 Å². The molecule has 2 aromatic heterocycles. The molecular weight excluding hydrogens is 346 g/mol. The zero-order valence-electron chi connectivity index (χ0n) is 15.3. The van der Waals surface area contributed by atoms with Gasteiger partial charge in [0.15, 0.2) is 5.75 Å². The van der Waals surface area contributed by atoms with Gasteiger partial charge in [-0.25, -0.2) is 9.97 Å². The molecule has 0 spiro atoms. The predicted molar refractivity (Wildman–Crippen MR) is 97.3 cm³/mol. The van der Waals surface area contributed by atoms with Gasteiger partial charge in [-0.1, -0.05) is 6.07 Å². The molecule has 27 heavy (non-hydrogen) atoms. The molecular formula is C19H23N5O3. The number of morpholine rings is 1. The first-order valence-corrected chi connectivity index (χ1v) is 9.14. The molecule has 2 fully saturated rings. The Morgan fingerprint density at radius 1 is 1.30 bits per heavy atom. The van der Waals surface area contributed by atoms with Gasteiger partial charge in [-0.15, -0.1) is 0 Å². The van der Waals surface area contributed by atoms with Crippen LogP contribution in [0.5, 0.6) is 5.75 Å². The molecule has 4 heterocycles. The number of likely N-dealkylation sites (tertiary alicyclic amines) is 1. The average molecular weight is 369 g/mol. The largest absolute Gasteiger partial charge is 0.494 e. The predicted octanol–water partition coefficient (Wildman–Crippen LogP) is 0.996. The Bertz CT molecular complexity index is 771. The van der Waals surface area contributed by atoms with Gasteiger partial charge in [-0.3, -0.25) is 14.7 Å². The molecule has 2 atom stereocenters. The molecule has 2 aliphatic rings. The van der Waals surface area contributed by atoms with Crippen LogP contribution in [0.2, 0.25) is 0 Å². The first-order chi connectivity index (χ1) is 13.2. The molecule has 142 valence electrons. The number of ether oxygens (including phenoxy) is 2. The molecule has 0 radical (unpaired) electrons. The zero-order chi connectivity index (χ0) is 18.6. The molecule has 0 saturated carbocycles. The van der Waals surface area contributed by atoms with E-state index in [2.05, 4.69) is 25.9 Å². The van der Waals surface area contributed by atoms with Crippen molar-refractivity contribution in [2.75, 3.05) is 33.4 Å². The summed E-state index contributed by atoms with van der Waals surface area (Å²) in [7, 11) is 1.55. The number of carbonyl (C=O) groups excluding carboxylic acids is 1. The number of carbonyl (C=O) groups is 1. The summed E-state index contributed by atoms with van der Waals surface area (Å²) in [4.78, 5) is 29.5. The summed E-state index contributed by atoms with van der Waals surface area (Å²) in [6, 6.07) is 4.19. The smallest absolute Gasteiger partial charge is 0.291 e. The van der Waals surface area contributed by atoms with Crippen molar-refractivity contribution in [3.63, 3.8) is 0 Å². The van der Waals surface area contributed by atoms with Crippen molar-refractivity contribution in [3.05, 3.63) is 48.3 Å². The van der Waals surface area contributed by atoms with Crippen molar-refractivity contribution >= 4 is 5.91 Å². The fourth-order valence-electron chi connectivity index (χ4n) is 3.72. The van der Waals surface area contributed by atoms with Crippen LogP contribution in [0, 0.1) is 0 Å². The average Bonchev–Trinajstić information content (AvgIpc) is 2.74. The van der Waals surface area contributed by atoms with Crippen LogP contribution >= 0.6 is 0 Å². The summed E-state index contributed by atoms with van der Waals surface area (Å²) in [5, 5.41) is 0. The van der Waals surface area contributed by atoms with Crippen molar-refractivity contribution in [1.29, 1.82) is 0 Å². The van der Waals surface area contributed by atoms with Crippen molar-refractivity contribution in [2.45, 2.75) is 25.1 Å². The summed E-state index contributed by atoms with van der Waals surface area (Å²) in [5.41, 5.74) is 1.17. The van der Waals surface area contributed by atoms with Gasteiger partial charge in [0.1, 0.15) is 0 Å². The highest BCUT2D eigenvalue weighted by molar-refractivity contribution is 5.90. The third kappa shape index (κ3) is 3.91. The van der Waals surface area contributed by atoms with E-state index in [0.717, 1.165) is 26.1 Å². The van der Waals surface area contributed by atoms with Crippen LogP contribution in [0.1, 0.15) is 22.6 Å². The molecule has 0 N–H and O–H groups in total.